The Balaban J connectivity index is 0.00000127. The normalized spacial score (nSPS) is 9.78. The lowest BCUT2D eigenvalue weighted by Gasteiger charge is -2.13. The van der Waals surface area contributed by atoms with Crippen LogP contribution in [0.4, 0.5) is 0 Å². The number of rotatable bonds is 4. The summed E-state index contributed by atoms with van der Waals surface area (Å²) < 4.78 is 0. The van der Waals surface area contributed by atoms with Gasteiger partial charge in [-0.05, 0) is 20.8 Å². The minimum atomic E-state index is -0.223. The van der Waals surface area contributed by atoms with E-state index < -0.39 is 0 Å². The third-order valence-corrected chi connectivity index (χ3v) is 3.46. The van der Waals surface area contributed by atoms with Crippen molar-refractivity contribution < 1.29 is 19.2 Å². The van der Waals surface area contributed by atoms with E-state index in [0.717, 1.165) is 0 Å². The first-order chi connectivity index (χ1) is 10.9. The molecule has 0 aliphatic carbocycles. The molecule has 0 spiro atoms. The lowest BCUT2D eigenvalue weighted by atomic mass is 9.89. The monoisotopic (exact) mass is 312 g/mol. The van der Waals surface area contributed by atoms with Crippen molar-refractivity contribution in [3.8, 4) is 0 Å². The van der Waals surface area contributed by atoms with Crippen molar-refractivity contribution in [1.29, 1.82) is 0 Å². The molecule has 2 aromatic rings. The second-order valence-electron chi connectivity index (χ2n) is 4.90. The van der Waals surface area contributed by atoms with Crippen molar-refractivity contribution in [3.63, 3.8) is 0 Å². The molecule has 0 aliphatic rings. The molecule has 0 aliphatic heterocycles. The Morgan fingerprint density at radius 2 is 1.04 bits per heavy atom. The minimum Gasteiger partial charge on any atom is -0.298 e. The molecular weight excluding hydrogens is 292 g/mol. The standard InChI is InChI=1S/C17H14O4.C2H6/c1-9(19)13-6-7-15(11(3)21)17-14(10(2)20)5-4-12(8-18)16(13)17;1-2/h4-8H,1-3H3;1-2H3. The van der Waals surface area contributed by atoms with Gasteiger partial charge in [-0.1, -0.05) is 38.1 Å². The Morgan fingerprint density at radius 3 is 1.39 bits per heavy atom. The molecule has 0 fully saturated rings. The van der Waals surface area contributed by atoms with Gasteiger partial charge in [0.25, 0.3) is 0 Å². The van der Waals surface area contributed by atoms with Crippen LogP contribution in [0.2, 0.25) is 0 Å². The summed E-state index contributed by atoms with van der Waals surface area (Å²) in [7, 11) is 0. The first kappa shape index (κ1) is 18.4. The Morgan fingerprint density at radius 1 is 0.696 bits per heavy atom. The topological polar surface area (TPSA) is 68.3 Å². The van der Waals surface area contributed by atoms with Gasteiger partial charge in [-0.3, -0.25) is 19.2 Å². The van der Waals surface area contributed by atoms with Crippen molar-refractivity contribution in [3.05, 3.63) is 46.5 Å². The molecule has 0 heterocycles. The maximum Gasteiger partial charge on any atom is 0.160 e. The molecule has 2 rings (SSSR count). The van der Waals surface area contributed by atoms with Crippen molar-refractivity contribution in [1.82, 2.24) is 0 Å². The summed E-state index contributed by atoms with van der Waals surface area (Å²) in [5, 5.41) is 0.755. The van der Waals surface area contributed by atoms with E-state index in [9.17, 15) is 19.2 Å². The molecule has 4 nitrogen and oxygen atoms in total. The summed E-state index contributed by atoms with van der Waals surface area (Å²) in [6.45, 7) is 8.16. The zero-order valence-corrected chi connectivity index (χ0v) is 14.0. The van der Waals surface area contributed by atoms with Crippen molar-refractivity contribution in [2.24, 2.45) is 0 Å². The Hall–Kier alpha value is -2.62. The van der Waals surface area contributed by atoms with E-state index in [1.54, 1.807) is 0 Å². The Kier molecular flexibility index (Phi) is 6.08. The molecule has 0 atom stereocenters. The number of carbonyl (C=O) groups excluding carboxylic acids is 4. The van der Waals surface area contributed by atoms with Gasteiger partial charge < -0.3 is 0 Å². The van der Waals surface area contributed by atoms with E-state index >= 15 is 0 Å². The number of aldehydes is 1. The van der Waals surface area contributed by atoms with Crippen molar-refractivity contribution in [2.45, 2.75) is 34.6 Å². The van der Waals surface area contributed by atoms with Crippen LogP contribution in [-0.2, 0) is 0 Å². The van der Waals surface area contributed by atoms with Crippen LogP contribution in [0.5, 0.6) is 0 Å². The molecule has 0 saturated carbocycles. The van der Waals surface area contributed by atoms with Gasteiger partial charge in [-0.2, -0.15) is 0 Å². The van der Waals surface area contributed by atoms with Gasteiger partial charge >= 0.3 is 0 Å². The molecular formula is C19H20O4. The minimum absolute atomic E-state index is 0.222. The van der Waals surface area contributed by atoms with Gasteiger partial charge in [-0.25, -0.2) is 0 Å². The van der Waals surface area contributed by atoms with Crippen LogP contribution in [-0.4, -0.2) is 23.6 Å². The molecule has 2 aromatic carbocycles. The van der Waals surface area contributed by atoms with E-state index in [1.165, 1.54) is 45.0 Å². The molecule has 0 bridgehead atoms. The number of carbonyl (C=O) groups is 4. The highest BCUT2D eigenvalue weighted by molar-refractivity contribution is 6.23. The van der Waals surface area contributed by atoms with Crippen LogP contribution in [0.15, 0.2) is 24.3 Å². The van der Waals surface area contributed by atoms with Crippen molar-refractivity contribution in [2.75, 3.05) is 0 Å². The van der Waals surface area contributed by atoms with Crippen LogP contribution in [0.25, 0.3) is 10.8 Å². The highest BCUT2D eigenvalue weighted by Gasteiger charge is 2.19. The molecule has 0 N–H and O–H groups in total. The molecule has 120 valence electrons. The molecule has 0 radical (unpaired) electrons. The summed E-state index contributed by atoms with van der Waals surface area (Å²) in [6.07, 6.45) is 0.628. The van der Waals surface area contributed by atoms with Crippen LogP contribution in [0.1, 0.15) is 76.1 Å². The summed E-state index contributed by atoms with van der Waals surface area (Å²) in [6, 6.07) is 6.08. The number of ketones is 3. The van der Waals surface area contributed by atoms with Crippen LogP contribution in [0.3, 0.4) is 0 Å². The molecule has 23 heavy (non-hydrogen) atoms. The summed E-state index contributed by atoms with van der Waals surface area (Å²) in [5.41, 5.74) is 1.30. The van der Waals surface area contributed by atoms with Crippen LogP contribution < -0.4 is 0 Å². The number of hydrogen-bond donors (Lipinski definition) is 0. The molecule has 0 unspecified atom stereocenters. The SMILES string of the molecule is CC.CC(=O)c1ccc(C(C)=O)c2c(C(C)=O)ccc(C=O)c12. The lowest BCUT2D eigenvalue weighted by molar-refractivity contribution is 0.100. The predicted octanol–water partition coefficient (Wildman–Crippen LogP) is 4.29. The number of fused-ring (bicyclic) bond motifs is 1. The van der Waals surface area contributed by atoms with Gasteiger partial charge in [0.15, 0.2) is 23.6 Å². The molecule has 4 heteroatoms. The van der Waals surface area contributed by atoms with Gasteiger partial charge in [0.2, 0.25) is 0 Å². The Labute approximate surface area is 135 Å². The van der Waals surface area contributed by atoms with Gasteiger partial charge in [-0.15, -0.1) is 0 Å². The number of hydrogen-bond acceptors (Lipinski definition) is 4. The van der Waals surface area contributed by atoms with Crippen LogP contribution >= 0.6 is 0 Å². The average molecular weight is 312 g/mol. The first-order valence-electron chi connectivity index (χ1n) is 7.46. The van der Waals surface area contributed by atoms with Crippen molar-refractivity contribution >= 4 is 34.4 Å². The fraction of sp³-hybridized carbons (Fsp3) is 0.263. The third-order valence-electron chi connectivity index (χ3n) is 3.46. The van der Waals surface area contributed by atoms with E-state index in [4.69, 9.17) is 0 Å². The second kappa shape index (κ2) is 7.58. The largest absolute Gasteiger partial charge is 0.298 e. The number of Topliss-reactive ketones (excluding diaryl/α,β-unsaturated/α-hetero) is 3. The predicted molar refractivity (Wildman–Crippen MR) is 90.7 cm³/mol. The lowest BCUT2D eigenvalue weighted by Crippen LogP contribution is -2.06. The average Bonchev–Trinajstić information content (AvgIpc) is 2.53. The van der Waals surface area contributed by atoms with E-state index in [1.807, 2.05) is 13.8 Å². The van der Waals surface area contributed by atoms with E-state index in [-0.39, 0.29) is 17.3 Å². The van der Waals surface area contributed by atoms with Gasteiger partial charge in [0.1, 0.15) is 0 Å². The zero-order chi connectivity index (χ0) is 17.7. The fourth-order valence-electron chi connectivity index (χ4n) is 2.50. The summed E-state index contributed by atoms with van der Waals surface area (Å²) >= 11 is 0. The molecule has 0 amide bonds. The second-order valence-corrected chi connectivity index (χ2v) is 4.90. The molecule has 0 aromatic heterocycles. The zero-order valence-electron chi connectivity index (χ0n) is 14.0. The first-order valence-corrected chi connectivity index (χ1v) is 7.46. The maximum atomic E-state index is 11.8. The molecule has 0 saturated heterocycles. The summed E-state index contributed by atoms with van der Waals surface area (Å²) in [4.78, 5) is 46.7. The van der Waals surface area contributed by atoms with E-state index in [2.05, 4.69) is 0 Å². The maximum absolute atomic E-state index is 11.8. The highest BCUT2D eigenvalue weighted by atomic mass is 16.1. The quantitative estimate of drug-likeness (QED) is 0.624. The van der Waals surface area contributed by atoms with Crippen LogP contribution in [0, 0.1) is 0 Å². The van der Waals surface area contributed by atoms with E-state index in [0.29, 0.717) is 39.3 Å². The van der Waals surface area contributed by atoms with Gasteiger partial charge in [0, 0.05) is 33.0 Å². The van der Waals surface area contributed by atoms with Gasteiger partial charge in [0.05, 0.1) is 0 Å². The summed E-state index contributed by atoms with van der Waals surface area (Å²) in [5.74, 6) is -0.666. The Bertz CT molecular complexity index is 780. The highest BCUT2D eigenvalue weighted by Crippen LogP contribution is 2.30. The third kappa shape index (κ3) is 3.42. The smallest absolute Gasteiger partial charge is 0.160 e. The number of benzene rings is 2. The fourth-order valence-corrected chi connectivity index (χ4v) is 2.50.